The van der Waals surface area contributed by atoms with Gasteiger partial charge in [-0.15, -0.1) is 0 Å². The first-order chi connectivity index (χ1) is 11.3. The third-order valence-corrected chi connectivity index (χ3v) is 3.04. The van der Waals surface area contributed by atoms with E-state index < -0.39 is 0 Å². The van der Waals surface area contributed by atoms with Crippen LogP contribution in [0, 0.1) is 0 Å². The molecule has 0 aliphatic heterocycles. The molecule has 1 aromatic carbocycles. The lowest BCUT2D eigenvalue weighted by Crippen LogP contribution is -2.30. The summed E-state index contributed by atoms with van der Waals surface area (Å²) in [5.74, 6) is 2.09. The summed E-state index contributed by atoms with van der Waals surface area (Å²) >= 11 is 0. The van der Waals surface area contributed by atoms with Crippen molar-refractivity contribution in [2.24, 2.45) is 4.99 Å². The highest BCUT2D eigenvalue weighted by atomic mass is 16.5. The van der Waals surface area contributed by atoms with E-state index in [9.17, 15) is 0 Å². The number of nitrogens with one attached hydrogen (secondary N) is 3. The Hall–Kier alpha value is -2.70. The van der Waals surface area contributed by atoms with Gasteiger partial charge >= 0.3 is 0 Å². The van der Waals surface area contributed by atoms with Gasteiger partial charge in [0.25, 0.3) is 0 Å². The van der Waals surface area contributed by atoms with E-state index in [1.807, 2.05) is 38.1 Å². The van der Waals surface area contributed by atoms with Gasteiger partial charge in [0.05, 0.1) is 26.0 Å². The van der Waals surface area contributed by atoms with E-state index in [2.05, 4.69) is 25.8 Å². The molecular weight excluding hydrogens is 294 g/mol. The summed E-state index contributed by atoms with van der Waals surface area (Å²) in [5, 5.41) is 13.3. The van der Waals surface area contributed by atoms with Crippen LogP contribution in [0.1, 0.15) is 19.5 Å². The first-order valence-corrected chi connectivity index (χ1v) is 7.61. The molecule has 0 unspecified atom stereocenters. The van der Waals surface area contributed by atoms with Crippen molar-refractivity contribution in [3.05, 3.63) is 36.2 Å². The number of ether oxygens (including phenoxy) is 2. The average Bonchev–Trinajstić information content (AvgIpc) is 3.08. The highest BCUT2D eigenvalue weighted by Crippen LogP contribution is 2.30. The SMILES string of the molecule is CCNC(=NCc1ccn[nH]1)Nc1ccc(OCC)c(OC)c1. The quantitative estimate of drug-likeness (QED) is 0.539. The molecule has 1 aromatic heterocycles. The number of hydrogen-bond donors (Lipinski definition) is 3. The van der Waals surface area contributed by atoms with Crippen LogP contribution in [0.25, 0.3) is 0 Å². The smallest absolute Gasteiger partial charge is 0.196 e. The number of rotatable bonds is 7. The molecule has 0 saturated carbocycles. The van der Waals surface area contributed by atoms with Crippen LogP contribution in [0.3, 0.4) is 0 Å². The first-order valence-electron chi connectivity index (χ1n) is 7.61. The number of aliphatic imine (C=N–C) groups is 1. The number of benzene rings is 1. The Balaban J connectivity index is 2.11. The highest BCUT2D eigenvalue weighted by Gasteiger charge is 2.07. The maximum atomic E-state index is 5.52. The number of aromatic nitrogens is 2. The molecule has 2 rings (SSSR count). The molecule has 0 atom stereocenters. The maximum absolute atomic E-state index is 5.52. The molecule has 1 heterocycles. The number of methoxy groups -OCH3 is 1. The van der Waals surface area contributed by atoms with Gasteiger partial charge < -0.3 is 20.1 Å². The van der Waals surface area contributed by atoms with Crippen molar-refractivity contribution in [2.75, 3.05) is 25.6 Å². The lowest BCUT2D eigenvalue weighted by atomic mass is 10.2. The summed E-state index contributed by atoms with van der Waals surface area (Å²) in [5.41, 5.74) is 1.82. The van der Waals surface area contributed by atoms with Crippen LogP contribution in [0.5, 0.6) is 11.5 Å². The number of anilines is 1. The molecule has 7 nitrogen and oxygen atoms in total. The molecule has 0 saturated heterocycles. The minimum Gasteiger partial charge on any atom is -0.493 e. The number of nitrogens with zero attached hydrogens (tertiary/aromatic N) is 2. The number of guanidine groups is 1. The second kappa shape index (κ2) is 8.67. The van der Waals surface area contributed by atoms with Crippen molar-refractivity contribution in [2.45, 2.75) is 20.4 Å². The van der Waals surface area contributed by atoms with Gasteiger partial charge in [-0.25, -0.2) is 4.99 Å². The van der Waals surface area contributed by atoms with Gasteiger partial charge in [0.15, 0.2) is 17.5 Å². The van der Waals surface area contributed by atoms with Crippen molar-refractivity contribution in [1.82, 2.24) is 15.5 Å². The molecule has 0 bridgehead atoms. The van der Waals surface area contributed by atoms with E-state index in [-0.39, 0.29) is 0 Å². The van der Waals surface area contributed by atoms with Gasteiger partial charge in [0.1, 0.15) is 0 Å². The third-order valence-electron chi connectivity index (χ3n) is 3.04. The molecule has 0 aliphatic carbocycles. The van der Waals surface area contributed by atoms with E-state index >= 15 is 0 Å². The largest absolute Gasteiger partial charge is 0.493 e. The molecule has 7 heteroatoms. The van der Waals surface area contributed by atoms with Crippen LogP contribution in [0.15, 0.2) is 35.5 Å². The molecule has 0 fully saturated rings. The molecule has 23 heavy (non-hydrogen) atoms. The zero-order valence-corrected chi connectivity index (χ0v) is 13.7. The van der Waals surface area contributed by atoms with E-state index in [0.29, 0.717) is 24.9 Å². The lowest BCUT2D eigenvalue weighted by Gasteiger charge is -2.14. The fourth-order valence-electron chi connectivity index (χ4n) is 2.00. The average molecular weight is 317 g/mol. The fourth-order valence-corrected chi connectivity index (χ4v) is 2.00. The third kappa shape index (κ3) is 4.91. The second-order valence-electron chi connectivity index (χ2n) is 4.70. The second-order valence-corrected chi connectivity index (χ2v) is 4.70. The molecular formula is C16H23N5O2. The lowest BCUT2D eigenvalue weighted by molar-refractivity contribution is 0.311. The molecule has 0 spiro atoms. The number of hydrogen-bond acceptors (Lipinski definition) is 4. The van der Waals surface area contributed by atoms with Gasteiger partial charge in [-0.1, -0.05) is 0 Å². The Morgan fingerprint density at radius 2 is 2.13 bits per heavy atom. The zero-order valence-electron chi connectivity index (χ0n) is 13.7. The van der Waals surface area contributed by atoms with E-state index in [0.717, 1.165) is 23.7 Å². The Morgan fingerprint density at radius 3 is 2.78 bits per heavy atom. The normalized spacial score (nSPS) is 11.2. The molecule has 124 valence electrons. The Bertz CT molecular complexity index is 625. The Morgan fingerprint density at radius 1 is 1.26 bits per heavy atom. The number of aromatic amines is 1. The summed E-state index contributed by atoms with van der Waals surface area (Å²) in [6, 6.07) is 7.58. The highest BCUT2D eigenvalue weighted by molar-refractivity contribution is 5.93. The molecule has 3 N–H and O–H groups in total. The minimum atomic E-state index is 0.517. The van der Waals surface area contributed by atoms with Crippen LogP contribution in [0.4, 0.5) is 5.69 Å². The fraction of sp³-hybridized carbons (Fsp3) is 0.375. The zero-order chi connectivity index (χ0) is 16.5. The van der Waals surface area contributed by atoms with Crippen LogP contribution in [-0.2, 0) is 6.54 Å². The summed E-state index contributed by atoms with van der Waals surface area (Å²) < 4.78 is 10.9. The topological polar surface area (TPSA) is 83.6 Å². The predicted molar refractivity (Wildman–Crippen MR) is 91.2 cm³/mol. The van der Waals surface area contributed by atoms with Crippen molar-refractivity contribution < 1.29 is 9.47 Å². The standard InChI is InChI=1S/C16H23N5O2/c1-4-17-16(18-11-13-8-9-19-21-13)20-12-6-7-14(23-5-2)15(10-12)22-3/h6-10H,4-5,11H2,1-3H3,(H,19,21)(H2,17,18,20). The molecule has 2 aromatic rings. The summed E-state index contributed by atoms with van der Waals surface area (Å²) in [4.78, 5) is 4.52. The van der Waals surface area contributed by atoms with Crippen molar-refractivity contribution in [3.8, 4) is 11.5 Å². The van der Waals surface area contributed by atoms with Crippen LogP contribution in [-0.4, -0.2) is 36.4 Å². The van der Waals surface area contributed by atoms with Gasteiger partial charge in [0, 0.05) is 24.5 Å². The molecule has 0 amide bonds. The predicted octanol–water partition coefficient (Wildman–Crippen LogP) is 2.39. The summed E-state index contributed by atoms with van der Waals surface area (Å²) in [7, 11) is 1.62. The van der Waals surface area contributed by atoms with Crippen molar-refractivity contribution in [1.29, 1.82) is 0 Å². The van der Waals surface area contributed by atoms with Gasteiger partial charge in [-0.3, -0.25) is 5.10 Å². The summed E-state index contributed by atoms with van der Waals surface area (Å²) in [6.07, 6.45) is 1.71. The van der Waals surface area contributed by atoms with Crippen LogP contribution >= 0.6 is 0 Å². The van der Waals surface area contributed by atoms with Crippen LogP contribution in [0.2, 0.25) is 0 Å². The van der Waals surface area contributed by atoms with Crippen molar-refractivity contribution >= 4 is 11.6 Å². The van der Waals surface area contributed by atoms with E-state index in [4.69, 9.17) is 9.47 Å². The van der Waals surface area contributed by atoms with Gasteiger partial charge in [-0.05, 0) is 32.0 Å². The summed E-state index contributed by atoms with van der Waals surface area (Å²) in [6.45, 7) is 5.84. The first kappa shape index (κ1) is 16.7. The molecule has 0 aliphatic rings. The van der Waals surface area contributed by atoms with Gasteiger partial charge in [-0.2, -0.15) is 5.10 Å². The van der Waals surface area contributed by atoms with E-state index in [1.165, 1.54) is 0 Å². The Kier molecular flexibility index (Phi) is 6.28. The number of H-pyrrole nitrogens is 1. The Labute approximate surface area is 136 Å². The van der Waals surface area contributed by atoms with Crippen molar-refractivity contribution in [3.63, 3.8) is 0 Å². The van der Waals surface area contributed by atoms with Crippen LogP contribution < -0.4 is 20.1 Å². The van der Waals surface area contributed by atoms with Gasteiger partial charge in [0.2, 0.25) is 0 Å². The minimum absolute atomic E-state index is 0.517. The van der Waals surface area contributed by atoms with E-state index in [1.54, 1.807) is 13.3 Å². The monoisotopic (exact) mass is 317 g/mol. The maximum Gasteiger partial charge on any atom is 0.196 e. The molecule has 0 radical (unpaired) electrons.